The van der Waals surface area contributed by atoms with Crippen molar-refractivity contribution >= 4 is 11.8 Å². The lowest BCUT2D eigenvalue weighted by atomic mass is 9.86. The number of likely N-dealkylation sites (N-methyl/N-ethyl adjacent to an activating group) is 1. The summed E-state index contributed by atoms with van der Waals surface area (Å²) in [4.78, 5) is 37.0. The molecule has 0 saturated carbocycles. The van der Waals surface area contributed by atoms with Crippen molar-refractivity contribution in [2.45, 2.75) is 53.2 Å². The number of imidazole rings is 1. The maximum absolute atomic E-state index is 13.3. The third-order valence-electron chi connectivity index (χ3n) is 5.43. The van der Waals surface area contributed by atoms with Crippen LogP contribution in [0.25, 0.3) is 11.4 Å². The lowest BCUT2D eigenvalue weighted by Gasteiger charge is -2.29. The van der Waals surface area contributed by atoms with E-state index in [1.165, 1.54) is 0 Å². The number of hydrogen-bond donors (Lipinski definition) is 2. The normalized spacial score (nSPS) is 15.8. The Morgan fingerprint density at radius 2 is 1.97 bits per heavy atom. The molecule has 1 atom stereocenters. The minimum Gasteiger partial charge on any atom is -0.357 e. The predicted octanol–water partition coefficient (Wildman–Crippen LogP) is 1.98. The number of carbonyl (C=O) groups is 2. The van der Waals surface area contributed by atoms with E-state index in [0.717, 1.165) is 42.3 Å². The molecule has 3 heterocycles. The first-order valence-electron chi connectivity index (χ1n) is 10.3. The molecule has 0 radical (unpaired) electrons. The fourth-order valence-electron chi connectivity index (χ4n) is 3.83. The Kier molecular flexibility index (Phi) is 6.26. The van der Waals surface area contributed by atoms with Crippen molar-refractivity contribution in [3.63, 3.8) is 0 Å². The SMILES string of the molecule is CNC(=O)[C@@H](NC(=O)c1nc(-c2ccnc(C)c2)n2c1CN(C)CCC2)C(C)(C)C. The van der Waals surface area contributed by atoms with Gasteiger partial charge in [0.2, 0.25) is 5.91 Å². The van der Waals surface area contributed by atoms with Gasteiger partial charge in [0.1, 0.15) is 11.9 Å². The molecule has 0 spiro atoms. The standard InChI is InChI=1S/C22H32N6O2/c1-14-12-15(8-9-24-14)19-25-17(16-13-27(6)10-7-11-28(16)19)20(29)26-18(21(30)23-5)22(2,3)4/h8-9,12,18H,7,10-11,13H2,1-6H3,(H,23,30)(H,26,29)/t18-/m1/s1. The third kappa shape index (κ3) is 4.53. The quantitative estimate of drug-likeness (QED) is 0.801. The Balaban J connectivity index is 2.05. The van der Waals surface area contributed by atoms with E-state index in [2.05, 4.69) is 25.1 Å². The molecule has 2 aromatic heterocycles. The van der Waals surface area contributed by atoms with Crippen molar-refractivity contribution in [2.75, 3.05) is 20.6 Å². The fourth-order valence-corrected chi connectivity index (χ4v) is 3.83. The van der Waals surface area contributed by atoms with Gasteiger partial charge in [0.25, 0.3) is 5.91 Å². The van der Waals surface area contributed by atoms with E-state index in [1.54, 1.807) is 13.2 Å². The minimum absolute atomic E-state index is 0.219. The van der Waals surface area contributed by atoms with Crippen molar-refractivity contribution in [2.24, 2.45) is 5.41 Å². The van der Waals surface area contributed by atoms with Gasteiger partial charge in [-0.1, -0.05) is 20.8 Å². The molecule has 0 fully saturated rings. The molecule has 8 nitrogen and oxygen atoms in total. The molecule has 2 aromatic rings. The molecule has 0 saturated heterocycles. The molecular weight excluding hydrogens is 380 g/mol. The Hall–Kier alpha value is -2.74. The number of hydrogen-bond acceptors (Lipinski definition) is 5. The summed E-state index contributed by atoms with van der Waals surface area (Å²) in [6.07, 6.45) is 2.73. The van der Waals surface area contributed by atoms with Gasteiger partial charge in [0, 0.05) is 37.6 Å². The fraction of sp³-hybridized carbons (Fsp3) is 0.545. The molecule has 1 aliphatic heterocycles. The van der Waals surface area contributed by atoms with E-state index in [9.17, 15) is 9.59 Å². The second-order valence-electron chi connectivity index (χ2n) is 9.05. The number of carbonyl (C=O) groups excluding carboxylic acids is 2. The number of fused-ring (bicyclic) bond motifs is 1. The molecule has 0 bridgehead atoms. The van der Waals surface area contributed by atoms with Gasteiger partial charge >= 0.3 is 0 Å². The highest BCUT2D eigenvalue weighted by Crippen LogP contribution is 2.27. The third-order valence-corrected chi connectivity index (χ3v) is 5.43. The molecule has 30 heavy (non-hydrogen) atoms. The Morgan fingerprint density at radius 3 is 2.60 bits per heavy atom. The van der Waals surface area contributed by atoms with Crippen LogP contribution in [0.3, 0.4) is 0 Å². The van der Waals surface area contributed by atoms with Crippen LogP contribution in [-0.4, -0.2) is 57.9 Å². The molecular formula is C22H32N6O2. The van der Waals surface area contributed by atoms with Crippen molar-refractivity contribution in [1.82, 2.24) is 30.1 Å². The Labute approximate surface area is 178 Å². The number of aromatic nitrogens is 3. The number of amides is 2. The second kappa shape index (κ2) is 8.55. The number of rotatable bonds is 4. The van der Waals surface area contributed by atoms with Crippen LogP contribution in [0.5, 0.6) is 0 Å². The average Bonchev–Trinajstić information content (AvgIpc) is 2.91. The highest BCUT2D eigenvalue weighted by molar-refractivity contribution is 5.97. The molecule has 2 amide bonds. The van der Waals surface area contributed by atoms with Crippen LogP contribution in [0, 0.1) is 12.3 Å². The minimum atomic E-state index is -0.664. The van der Waals surface area contributed by atoms with E-state index in [-0.39, 0.29) is 11.8 Å². The zero-order valence-corrected chi connectivity index (χ0v) is 18.7. The van der Waals surface area contributed by atoms with Gasteiger partial charge in [0.05, 0.1) is 5.69 Å². The summed E-state index contributed by atoms with van der Waals surface area (Å²) in [5, 5.41) is 5.58. The zero-order chi connectivity index (χ0) is 22.1. The van der Waals surface area contributed by atoms with E-state index < -0.39 is 11.5 Å². The summed E-state index contributed by atoms with van der Waals surface area (Å²) in [6, 6.07) is 3.23. The van der Waals surface area contributed by atoms with Gasteiger partial charge in [-0.15, -0.1) is 0 Å². The lowest BCUT2D eigenvalue weighted by molar-refractivity contribution is -0.124. The molecule has 0 unspecified atom stereocenters. The Morgan fingerprint density at radius 1 is 1.23 bits per heavy atom. The Bertz CT molecular complexity index is 944. The van der Waals surface area contributed by atoms with Crippen LogP contribution in [0.15, 0.2) is 18.3 Å². The highest BCUT2D eigenvalue weighted by Gasteiger charge is 2.34. The summed E-state index contributed by atoms with van der Waals surface area (Å²) in [6.45, 7) is 10.1. The first-order valence-corrected chi connectivity index (χ1v) is 10.3. The average molecular weight is 413 g/mol. The van der Waals surface area contributed by atoms with Crippen LogP contribution < -0.4 is 10.6 Å². The van der Waals surface area contributed by atoms with Gasteiger partial charge in [0.15, 0.2) is 5.69 Å². The molecule has 3 rings (SSSR count). The number of aryl methyl sites for hydroxylation is 1. The summed E-state index contributed by atoms with van der Waals surface area (Å²) in [5.41, 5.74) is 2.65. The predicted molar refractivity (Wildman–Crippen MR) is 116 cm³/mol. The van der Waals surface area contributed by atoms with Gasteiger partial charge in [-0.25, -0.2) is 4.98 Å². The van der Waals surface area contributed by atoms with Crippen LogP contribution in [0.2, 0.25) is 0 Å². The van der Waals surface area contributed by atoms with Crippen molar-refractivity contribution in [1.29, 1.82) is 0 Å². The van der Waals surface area contributed by atoms with Gasteiger partial charge in [-0.05, 0) is 44.5 Å². The van der Waals surface area contributed by atoms with E-state index in [0.29, 0.717) is 12.2 Å². The molecule has 0 aliphatic carbocycles. The lowest BCUT2D eigenvalue weighted by Crippen LogP contribution is -2.53. The van der Waals surface area contributed by atoms with Crippen LogP contribution in [0.4, 0.5) is 0 Å². The van der Waals surface area contributed by atoms with Crippen LogP contribution in [-0.2, 0) is 17.9 Å². The van der Waals surface area contributed by atoms with Gasteiger partial charge in [-0.3, -0.25) is 14.6 Å². The highest BCUT2D eigenvalue weighted by atomic mass is 16.2. The topological polar surface area (TPSA) is 92.1 Å². The largest absolute Gasteiger partial charge is 0.357 e. The molecule has 2 N–H and O–H groups in total. The van der Waals surface area contributed by atoms with E-state index >= 15 is 0 Å². The summed E-state index contributed by atoms with van der Waals surface area (Å²) in [7, 11) is 3.62. The van der Waals surface area contributed by atoms with Crippen LogP contribution >= 0.6 is 0 Å². The zero-order valence-electron chi connectivity index (χ0n) is 18.7. The van der Waals surface area contributed by atoms with Crippen molar-refractivity contribution in [3.05, 3.63) is 35.4 Å². The second-order valence-corrected chi connectivity index (χ2v) is 9.05. The monoisotopic (exact) mass is 412 g/mol. The first-order chi connectivity index (χ1) is 14.1. The van der Waals surface area contributed by atoms with E-state index in [4.69, 9.17) is 4.98 Å². The molecule has 162 valence electrons. The van der Waals surface area contributed by atoms with Crippen LogP contribution in [0.1, 0.15) is 49.1 Å². The summed E-state index contributed by atoms with van der Waals surface area (Å²) < 4.78 is 2.14. The van der Waals surface area contributed by atoms with Gasteiger partial charge in [-0.2, -0.15) is 0 Å². The van der Waals surface area contributed by atoms with Crippen molar-refractivity contribution < 1.29 is 9.59 Å². The molecule has 8 heteroatoms. The number of nitrogens with one attached hydrogen (secondary N) is 2. The number of nitrogens with zero attached hydrogens (tertiary/aromatic N) is 4. The first kappa shape index (κ1) is 22.0. The van der Waals surface area contributed by atoms with Gasteiger partial charge < -0.3 is 20.1 Å². The molecule has 1 aliphatic rings. The van der Waals surface area contributed by atoms with Crippen molar-refractivity contribution in [3.8, 4) is 11.4 Å². The summed E-state index contributed by atoms with van der Waals surface area (Å²) >= 11 is 0. The van der Waals surface area contributed by atoms with E-state index in [1.807, 2.05) is 46.9 Å². The summed E-state index contributed by atoms with van der Waals surface area (Å²) in [5.74, 6) is 0.223. The maximum atomic E-state index is 13.3. The smallest absolute Gasteiger partial charge is 0.272 e. The maximum Gasteiger partial charge on any atom is 0.272 e. The number of pyridine rings is 1. The molecule has 0 aromatic carbocycles.